The fraction of sp³-hybridized carbons (Fsp3) is 0.846. The highest BCUT2D eigenvalue weighted by Crippen LogP contribution is 2.26. The molecule has 0 radical (unpaired) electrons. The lowest BCUT2D eigenvalue weighted by molar-refractivity contribution is -0.125. The maximum Gasteiger partial charge on any atom is 0.404 e. The molecule has 0 unspecified atom stereocenters. The first-order valence-corrected chi connectivity index (χ1v) is 6.95. The molecule has 0 bridgehead atoms. The predicted molar refractivity (Wildman–Crippen MR) is 67.3 cm³/mol. The van der Waals surface area contributed by atoms with Crippen LogP contribution >= 0.6 is 0 Å². The zero-order valence-electron chi connectivity index (χ0n) is 10.7. The predicted octanol–water partition coefficient (Wildman–Crippen LogP) is 1.87. The van der Waals surface area contributed by atoms with Crippen molar-refractivity contribution >= 4 is 12.0 Å². The highest BCUT2D eigenvalue weighted by molar-refractivity contribution is 5.79. The maximum atomic E-state index is 12.0. The summed E-state index contributed by atoms with van der Waals surface area (Å²) in [5, 5.41) is 14.3. The first-order valence-electron chi connectivity index (χ1n) is 6.95. The Balaban J connectivity index is 1.69. The summed E-state index contributed by atoms with van der Waals surface area (Å²) in [4.78, 5) is 22.5. The Morgan fingerprint density at radius 3 is 1.83 bits per heavy atom. The second-order valence-electron chi connectivity index (χ2n) is 5.49. The number of hydrogen-bond donors (Lipinski definition) is 3. The van der Waals surface area contributed by atoms with Gasteiger partial charge in [0.2, 0.25) is 5.91 Å². The third-order valence-electron chi connectivity index (χ3n) is 4.13. The highest BCUT2D eigenvalue weighted by atomic mass is 16.4. The van der Waals surface area contributed by atoms with Crippen LogP contribution in [-0.2, 0) is 4.79 Å². The van der Waals surface area contributed by atoms with Gasteiger partial charge in [0.25, 0.3) is 0 Å². The third kappa shape index (κ3) is 3.62. The Kier molecular flexibility index (Phi) is 4.44. The number of nitrogens with one attached hydrogen (secondary N) is 2. The van der Waals surface area contributed by atoms with E-state index in [1.165, 1.54) is 12.8 Å². The van der Waals surface area contributed by atoms with Gasteiger partial charge in [-0.05, 0) is 38.5 Å². The number of rotatable bonds is 3. The molecule has 0 spiro atoms. The molecule has 2 aliphatic carbocycles. The van der Waals surface area contributed by atoms with Crippen molar-refractivity contribution < 1.29 is 14.7 Å². The molecule has 5 nitrogen and oxygen atoms in total. The molecule has 2 aliphatic rings. The van der Waals surface area contributed by atoms with Gasteiger partial charge in [-0.25, -0.2) is 4.79 Å². The molecular formula is C13H22N2O3. The summed E-state index contributed by atoms with van der Waals surface area (Å²) in [6.07, 6.45) is 6.86. The van der Waals surface area contributed by atoms with Gasteiger partial charge in [-0.1, -0.05) is 12.8 Å². The van der Waals surface area contributed by atoms with Crippen LogP contribution in [0.3, 0.4) is 0 Å². The number of carbonyl (C=O) groups is 2. The van der Waals surface area contributed by atoms with E-state index in [0.29, 0.717) is 0 Å². The minimum Gasteiger partial charge on any atom is -0.465 e. The van der Waals surface area contributed by atoms with Gasteiger partial charge in [0, 0.05) is 18.0 Å². The van der Waals surface area contributed by atoms with Gasteiger partial charge in [0.15, 0.2) is 0 Å². The smallest absolute Gasteiger partial charge is 0.404 e. The Morgan fingerprint density at radius 2 is 1.33 bits per heavy atom. The molecule has 0 aromatic rings. The monoisotopic (exact) mass is 254 g/mol. The standard InChI is InChI=1S/C13H22N2O3/c16-12(9-3-1-2-4-9)14-10-5-7-11(8-6-10)15-13(17)18/h9-11,15H,1-8H2,(H,14,16)(H,17,18)/t10-,11-. The first-order chi connectivity index (χ1) is 8.65. The second kappa shape index (κ2) is 6.07. The van der Waals surface area contributed by atoms with Crippen molar-refractivity contribution in [1.82, 2.24) is 10.6 Å². The number of carboxylic acid groups (broad SMARTS) is 1. The van der Waals surface area contributed by atoms with Crippen LogP contribution in [0.5, 0.6) is 0 Å². The van der Waals surface area contributed by atoms with Gasteiger partial charge in [-0.15, -0.1) is 0 Å². The highest BCUT2D eigenvalue weighted by Gasteiger charge is 2.27. The van der Waals surface area contributed by atoms with Crippen molar-refractivity contribution in [3.8, 4) is 0 Å². The average Bonchev–Trinajstić information content (AvgIpc) is 2.84. The molecule has 2 saturated carbocycles. The SMILES string of the molecule is O=C(O)N[C@H]1CC[C@H](NC(=O)C2CCCC2)CC1. The van der Waals surface area contributed by atoms with Gasteiger partial charge < -0.3 is 15.7 Å². The van der Waals surface area contributed by atoms with E-state index in [2.05, 4.69) is 10.6 Å². The summed E-state index contributed by atoms with van der Waals surface area (Å²) in [6, 6.07) is 0.298. The summed E-state index contributed by atoms with van der Waals surface area (Å²) < 4.78 is 0. The van der Waals surface area contributed by atoms with Gasteiger partial charge in [-0.2, -0.15) is 0 Å². The van der Waals surface area contributed by atoms with E-state index < -0.39 is 6.09 Å². The lowest BCUT2D eigenvalue weighted by Gasteiger charge is -2.29. The van der Waals surface area contributed by atoms with E-state index >= 15 is 0 Å². The fourth-order valence-corrected chi connectivity index (χ4v) is 3.06. The van der Waals surface area contributed by atoms with Gasteiger partial charge in [-0.3, -0.25) is 4.79 Å². The van der Waals surface area contributed by atoms with E-state index in [0.717, 1.165) is 38.5 Å². The van der Waals surface area contributed by atoms with E-state index in [1.807, 2.05) is 0 Å². The number of amides is 2. The Morgan fingerprint density at radius 1 is 0.833 bits per heavy atom. The van der Waals surface area contributed by atoms with E-state index in [4.69, 9.17) is 5.11 Å². The lowest BCUT2D eigenvalue weighted by Crippen LogP contribution is -2.44. The third-order valence-corrected chi connectivity index (χ3v) is 4.13. The van der Waals surface area contributed by atoms with Gasteiger partial charge in [0.05, 0.1) is 0 Å². The van der Waals surface area contributed by atoms with E-state index in [9.17, 15) is 9.59 Å². The van der Waals surface area contributed by atoms with Crippen molar-refractivity contribution in [3.63, 3.8) is 0 Å². The molecule has 5 heteroatoms. The minimum atomic E-state index is -0.951. The molecule has 0 atom stereocenters. The zero-order chi connectivity index (χ0) is 13.0. The quantitative estimate of drug-likeness (QED) is 0.719. The van der Waals surface area contributed by atoms with Crippen LogP contribution in [0.15, 0.2) is 0 Å². The van der Waals surface area contributed by atoms with Crippen molar-refractivity contribution in [3.05, 3.63) is 0 Å². The van der Waals surface area contributed by atoms with Gasteiger partial charge in [0.1, 0.15) is 0 Å². The minimum absolute atomic E-state index is 0.0575. The Bertz CT molecular complexity index is 305. The first kappa shape index (κ1) is 13.2. The second-order valence-corrected chi connectivity index (χ2v) is 5.49. The van der Waals surface area contributed by atoms with Gasteiger partial charge >= 0.3 is 6.09 Å². The summed E-state index contributed by atoms with van der Waals surface area (Å²) in [5.41, 5.74) is 0. The van der Waals surface area contributed by atoms with Crippen molar-refractivity contribution in [2.24, 2.45) is 5.92 Å². The molecule has 0 heterocycles. The molecule has 3 N–H and O–H groups in total. The maximum absolute atomic E-state index is 12.0. The van der Waals surface area contributed by atoms with Crippen LogP contribution < -0.4 is 10.6 Å². The average molecular weight is 254 g/mol. The summed E-state index contributed by atoms with van der Waals surface area (Å²) in [5.74, 6) is 0.432. The van der Waals surface area contributed by atoms with Crippen LogP contribution in [0, 0.1) is 5.92 Å². The molecular weight excluding hydrogens is 232 g/mol. The van der Waals surface area contributed by atoms with Crippen molar-refractivity contribution in [2.75, 3.05) is 0 Å². The molecule has 18 heavy (non-hydrogen) atoms. The van der Waals surface area contributed by atoms with Crippen molar-refractivity contribution in [2.45, 2.75) is 63.5 Å². The van der Waals surface area contributed by atoms with E-state index in [1.54, 1.807) is 0 Å². The number of carbonyl (C=O) groups excluding carboxylic acids is 1. The molecule has 0 aromatic heterocycles. The summed E-state index contributed by atoms with van der Waals surface area (Å²) in [7, 11) is 0. The van der Waals surface area contributed by atoms with Crippen LogP contribution in [0.1, 0.15) is 51.4 Å². The normalized spacial score (nSPS) is 28.9. The summed E-state index contributed by atoms with van der Waals surface area (Å²) >= 11 is 0. The Labute approximate surface area is 107 Å². The van der Waals surface area contributed by atoms with Crippen LogP contribution in [-0.4, -0.2) is 29.2 Å². The molecule has 102 valence electrons. The number of hydrogen-bond acceptors (Lipinski definition) is 2. The summed E-state index contributed by atoms with van der Waals surface area (Å²) in [6.45, 7) is 0. The molecule has 0 aliphatic heterocycles. The molecule has 2 amide bonds. The van der Waals surface area contributed by atoms with E-state index in [-0.39, 0.29) is 23.9 Å². The van der Waals surface area contributed by atoms with Crippen LogP contribution in [0.4, 0.5) is 4.79 Å². The molecule has 2 rings (SSSR count). The topological polar surface area (TPSA) is 78.4 Å². The largest absolute Gasteiger partial charge is 0.465 e. The van der Waals surface area contributed by atoms with Crippen molar-refractivity contribution in [1.29, 1.82) is 0 Å². The molecule has 2 fully saturated rings. The lowest BCUT2D eigenvalue weighted by atomic mass is 9.90. The van der Waals surface area contributed by atoms with Crippen LogP contribution in [0.25, 0.3) is 0 Å². The Hall–Kier alpha value is -1.26. The molecule has 0 saturated heterocycles. The van der Waals surface area contributed by atoms with Crippen LogP contribution in [0.2, 0.25) is 0 Å². The molecule has 0 aromatic carbocycles. The zero-order valence-corrected chi connectivity index (χ0v) is 10.7. The fourth-order valence-electron chi connectivity index (χ4n) is 3.06.